The topological polar surface area (TPSA) is 87.4 Å². The zero-order valence-electron chi connectivity index (χ0n) is 17.5. The Kier molecular flexibility index (Phi) is 6.60. The molecule has 1 amide bonds. The van der Waals surface area contributed by atoms with Crippen molar-refractivity contribution < 1.29 is 40.6 Å². The molecule has 0 saturated heterocycles. The van der Waals surface area contributed by atoms with Gasteiger partial charge < -0.3 is 14.8 Å². The maximum atomic E-state index is 15.0. The van der Waals surface area contributed by atoms with Crippen LogP contribution in [0.1, 0.15) is 10.4 Å². The average molecular weight is 557 g/mol. The average Bonchev–Trinajstić information content (AvgIpc) is 3.09. The van der Waals surface area contributed by atoms with Crippen molar-refractivity contribution >= 4 is 34.8 Å². The van der Waals surface area contributed by atoms with Crippen LogP contribution in [-0.4, -0.2) is 44.0 Å². The molecule has 0 spiro atoms. The van der Waals surface area contributed by atoms with Crippen LogP contribution in [0.25, 0.3) is 5.69 Å². The lowest BCUT2D eigenvalue weighted by atomic mass is 10.1. The number of alkyl halides is 5. The number of amides is 1. The second-order valence-corrected chi connectivity index (χ2v) is 9.10. The molecular weight excluding hydrogens is 545 g/mol. The number of fused-ring (bicyclic) bond motifs is 1. The number of rotatable bonds is 5. The molecule has 0 atom stereocenters. The van der Waals surface area contributed by atoms with Crippen LogP contribution in [0.5, 0.6) is 11.8 Å². The number of carbonyl (C=O) groups excluding carboxylic acids is 1. The van der Waals surface area contributed by atoms with Crippen molar-refractivity contribution in [3.8, 4) is 17.4 Å². The first kappa shape index (κ1) is 25.7. The molecule has 0 fully saturated rings. The van der Waals surface area contributed by atoms with E-state index < -0.39 is 68.9 Å². The highest BCUT2D eigenvalue weighted by Gasteiger charge is 2.36. The van der Waals surface area contributed by atoms with Crippen LogP contribution in [0.2, 0.25) is 0 Å². The molecule has 192 valence electrons. The normalized spacial score (nSPS) is 14.7. The van der Waals surface area contributed by atoms with Gasteiger partial charge in [0, 0.05) is 6.07 Å². The van der Waals surface area contributed by atoms with E-state index in [4.69, 9.17) is 27.9 Å². The zero-order valence-corrected chi connectivity index (χ0v) is 19.0. The number of aromatic nitrogens is 3. The molecule has 2 aromatic carbocycles. The summed E-state index contributed by atoms with van der Waals surface area (Å²) in [6, 6.07) is 3.36. The molecule has 0 unspecified atom stereocenters. The Morgan fingerprint density at radius 2 is 1.83 bits per heavy atom. The minimum Gasteiger partial charge on any atom is -0.483 e. The number of para-hydroxylation sites is 1. The highest BCUT2D eigenvalue weighted by atomic mass is 35.5. The summed E-state index contributed by atoms with van der Waals surface area (Å²) >= 11 is 11.9. The first-order valence-corrected chi connectivity index (χ1v) is 10.5. The van der Waals surface area contributed by atoms with Gasteiger partial charge in [-0.15, -0.1) is 5.10 Å². The Hall–Kier alpha value is -3.39. The fourth-order valence-corrected chi connectivity index (χ4v) is 3.53. The molecule has 1 N–H and O–H groups in total. The van der Waals surface area contributed by atoms with Crippen molar-refractivity contribution in [2.24, 2.45) is 0 Å². The zero-order chi connectivity index (χ0) is 26.4. The molecule has 36 heavy (non-hydrogen) atoms. The lowest BCUT2D eigenvalue weighted by Gasteiger charge is -2.24. The number of ether oxygens (including phenoxy) is 2. The predicted octanol–water partition coefficient (Wildman–Crippen LogP) is 4.21. The van der Waals surface area contributed by atoms with Crippen LogP contribution < -0.4 is 20.5 Å². The van der Waals surface area contributed by atoms with Gasteiger partial charge in [-0.05, 0) is 18.2 Å². The monoisotopic (exact) mass is 556 g/mol. The molecule has 2 heterocycles. The molecule has 16 heteroatoms. The fourth-order valence-electron chi connectivity index (χ4n) is 3.18. The van der Waals surface area contributed by atoms with Crippen molar-refractivity contribution in [2.45, 2.75) is 17.1 Å². The second kappa shape index (κ2) is 9.24. The molecule has 1 aliphatic heterocycles. The van der Waals surface area contributed by atoms with Crippen LogP contribution in [0.4, 0.5) is 32.0 Å². The van der Waals surface area contributed by atoms with E-state index in [1.165, 1.54) is 0 Å². The number of carbonyl (C=O) groups is 1. The van der Waals surface area contributed by atoms with Gasteiger partial charge in [-0.25, -0.2) is 22.5 Å². The Bertz CT molecular complexity index is 1390. The van der Waals surface area contributed by atoms with Crippen molar-refractivity contribution in [1.29, 1.82) is 0 Å². The molecule has 3 aromatic rings. The van der Waals surface area contributed by atoms with Crippen LogP contribution in [0.3, 0.4) is 0 Å². The number of halogens is 8. The smallest absolute Gasteiger partial charge is 0.422 e. The maximum absolute atomic E-state index is 15.0. The summed E-state index contributed by atoms with van der Waals surface area (Å²) in [7, 11) is 0. The number of anilines is 1. The summed E-state index contributed by atoms with van der Waals surface area (Å²) in [5.41, 5.74) is -3.50. The molecule has 4 rings (SSSR count). The van der Waals surface area contributed by atoms with Crippen LogP contribution in [0, 0.1) is 17.5 Å². The second-order valence-electron chi connectivity index (χ2n) is 7.46. The first-order chi connectivity index (χ1) is 16.8. The van der Waals surface area contributed by atoms with Crippen molar-refractivity contribution in [3.05, 3.63) is 63.8 Å². The number of hydrogen-bond donors (Lipinski definition) is 1. The Morgan fingerprint density at radius 3 is 2.47 bits per heavy atom. The van der Waals surface area contributed by atoms with Crippen molar-refractivity contribution in [2.75, 3.05) is 18.5 Å². The number of hydrogen-bond acceptors (Lipinski definition) is 5. The summed E-state index contributed by atoms with van der Waals surface area (Å²) < 4.78 is 90.9. The van der Waals surface area contributed by atoms with Gasteiger partial charge in [0.15, 0.2) is 10.9 Å². The van der Waals surface area contributed by atoms with E-state index in [9.17, 15) is 31.5 Å². The Morgan fingerprint density at radius 1 is 1.17 bits per heavy atom. The Labute approximate surface area is 206 Å². The van der Waals surface area contributed by atoms with Gasteiger partial charge in [-0.3, -0.25) is 4.79 Å². The van der Waals surface area contributed by atoms with Crippen molar-refractivity contribution in [1.82, 2.24) is 14.3 Å². The standard InChI is InChI=1S/C20H12Cl2F6N4O4/c21-19(22)6-31-17(36-7-19)30-32(18(31)34)13-5-14(35-8-20(26,27)28)9(4-12(13)25)16(33)29-15-10(23)2-1-3-11(15)24/h1-5H,6-8H2,(H,29,33). The highest BCUT2D eigenvalue weighted by Crippen LogP contribution is 2.32. The predicted molar refractivity (Wildman–Crippen MR) is 114 cm³/mol. The number of nitrogens with zero attached hydrogens (tertiary/aromatic N) is 3. The SMILES string of the molecule is O=C(Nc1c(F)cccc1F)c1cc(F)c(-n2nc3n(c2=O)CC(Cl)(Cl)CO3)cc1OCC(F)(F)F. The molecule has 0 bridgehead atoms. The first-order valence-electron chi connectivity index (χ1n) is 9.75. The lowest BCUT2D eigenvalue weighted by molar-refractivity contribution is -0.153. The van der Waals surface area contributed by atoms with Gasteiger partial charge in [0.1, 0.15) is 41.2 Å². The number of nitrogens with one attached hydrogen (secondary N) is 1. The van der Waals surface area contributed by atoms with Gasteiger partial charge in [0.25, 0.3) is 5.91 Å². The van der Waals surface area contributed by atoms with E-state index in [1.54, 1.807) is 0 Å². The Balaban J connectivity index is 1.78. The maximum Gasteiger partial charge on any atom is 0.422 e. The van der Waals surface area contributed by atoms with Gasteiger partial charge >= 0.3 is 17.9 Å². The minimum atomic E-state index is -4.87. The van der Waals surface area contributed by atoms with Crippen molar-refractivity contribution in [3.63, 3.8) is 0 Å². The van der Waals surface area contributed by atoms with E-state index in [0.717, 1.165) is 22.8 Å². The summed E-state index contributed by atoms with van der Waals surface area (Å²) in [6.07, 6.45) is -4.87. The van der Waals surface area contributed by atoms with Gasteiger partial charge in [0.05, 0.1) is 12.1 Å². The van der Waals surface area contributed by atoms with E-state index in [2.05, 4.69) is 9.84 Å². The van der Waals surface area contributed by atoms with E-state index in [-0.39, 0.29) is 19.2 Å². The third kappa shape index (κ3) is 5.23. The van der Waals surface area contributed by atoms with Crippen LogP contribution in [-0.2, 0) is 6.54 Å². The highest BCUT2D eigenvalue weighted by molar-refractivity contribution is 6.48. The number of benzene rings is 2. The molecule has 1 aliphatic rings. The summed E-state index contributed by atoms with van der Waals surface area (Å²) in [6.45, 7) is -2.47. The lowest BCUT2D eigenvalue weighted by Crippen LogP contribution is -2.38. The van der Waals surface area contributed by atoms with E-state index in [0.29, 0.717) is 16.8 Å². The summed E-state index contributed by atoms with van der Waals surface area (Å²) in [5, 5.41) is 5.60. The fraction of sp³-hybridized carbons (Fsp3) is 0.250. The van der Waals surface area contributed by atoms with Crippen LogP contribution in [0.15, 0.2) is 35.1 Å². The molecule has 0 aliphatic carbocycles. The van der Waals surface area contributed by atoms with Gasteiger partial charge in [-0.1, -0.05) is 29.3 Å². The summed E-state index contributed by atoms with van der Waals surface area (Å²) in [5.74, 6) is -5.95. The molecule has 1 aromatic heterocycles. The van der Waals surface area contributed by atoms with Gasteiger partial charge in [-0.2, -0.15) is 17.9 Å². The van der Waals surface area contributed by atoms with Gasteiger partial charge in [0.2, 0.25) is 0 Å². The quantitative estimate of drug-likeness (QED) is 0.376. The van der Waals surface area contributed by atoms with Crippen LogP contribution >= 0.6 is 23.2 Å². The van der Waals surface area contributed by atoms with E-state index >= 15 is 4.39 Å². The molecular formula is C20H12Cl2F6N4O4. The molecule has 0 radical (unpaired) electrons. The van der Waals surface area contributed by atoms with E-state index in [1.807, 2.05) is 5.32 Å². The minimum absolute atomic E-state index is 0.263. The molecule has 0 saturated carbocycles. The summed E-state index contributed by atoms with van der Waals surface area (Å²) in [4.78, 5) is 25.4. The third-order valence-corrected chi connectivity index (χ3v) is 5.20. The molecule has 8 nitrogen and oxygen atoms in total. The largest absolute Gasteiger partial charge is 0.483 e. The third-order valence-electron chi connectivity index (χ3n) is 4.74.